The van der Waals surface area contributed by atoms with E-state index in [0.717, 1.165) is 0 Å². The van der Waals surface area contributed by atoms with Crippen LogP contribution in [0.4, 0.5) is 11.4 Å². The van der Waals surface area contributed by atoms with Crippen LogP contribution in [0.1, 0.15) is 29.3 Å². The van der Waals surface area contributed by atoms with Crippen LogP contribution in [0.25, 0.3) is 0 Å². The Hall–Kier alpha value is -2.71. The van der Waals surface area contributed by atoms with Gasteiger partial charge in [-0.15, -0.1) is 0 Å². The monoisotopic (exact) mass is 374 g/mol. The maximum absolute atomic E-state index is 12.6. The number of anilines is 2. The minimum atomic E-state index is -3.47. The third-order valence-electron chi connectivity index (χ3n) is 4.25. The van der Waals surface area contributed by atoms with Crippen molar-refractivity contribution in [3.05, 3.63) is 59.7 Å². The fourth-order valence-electron chi connectivity index (χ4n) is 2.82. The Bertz CT molecular complexity index is 987. The molecule has 0 spiro atoms. The maximum atomic E-state index is 12.6. The summed E-state index contributed by atoms with van der Waals surface area (Å²) in [6.45, 7) is 1.50. The van der Waals surface area contributed by atoms with Crippen LogP contribution in [-0.4, -0.2) is 31.0 Å². The van der Waals surface area contributed by atoms with E-state index < -0.39 is 33.7 Å². The van der Waals surface area contributed by atoms with Crippen LogP contribution in [-0.2, 0) is 20.4 Å². The van der Waals surface area contributed by atoms with E-state index in [1.54, 1.807) is 24.3 Å². The first-order chi connectivity index (χ1) is 12.2. The predicted octanol–water partition coefficient (Wildman–Crippen LogP) is 1.86. The van der Waals surface area contributed by atoms with E-state index in [1.165, 1.54) is 31.2 Å². The highest BCUT2D eigenvalue weighted by Crippen LogP contribution is 2.38. The smallest absolute Gasteiger partial charge is 0.261 e. The molecule has 0 aromatic heterocycles. The van der Waals surface area contributed by atoms with Crippen LogP contribution in [0.2, 0.25) is 0 Å². The van der Waals surface area contributed by atoms with E-state index in [1.807, 2.05) is 0 Å². The van der Waals surface area contributed by atoms with E-state index in [9.17, 15) is 23.1 Å². The van der Waals surface area contributed by atoms with Crippen molar-refractivity contribution in [2.75, 3.05) is 15.8 Å². The lowest BCUT2D eigenvalue weighted by molar-refractivity contribution is -0.133. The van der Waals surface area contributed by atoms with Crippen molar-refractivity contribution >= 4 is 33.1 Å². The largest absolute Gasteiger partial charge is 0.375 e. The minimum absolute atomic E-state index is 0.0954. The van der Waals surface area contributed by atoms with Gasteiger partial charge in [0.15, 0.2) is 11.4 Å². The van der Waals surface area contributed by atoms with E-state index in [4.69, 9.17) is 0 Å². The normalized spacial score (nSPS) is 18.9. The van der Waals surface area contributed by atoms with Crippen molar-refractivity contribution in [2.45, 2.75) is 18.9 Å². The molecular formula is C18H18N2O5S. The summed E-state index contributed by atoms with van der Waals surface area (Å²) in [5.74, 6) is -1.23. The van der Waals surface area contributed by atoms with Crippen molar-refractivity contribution in [2.24, 2.45) is 0 Å². The number of rotatable bonds is 6. The van der Waals surface area contributed by atoms with E-state index >= 15 is 0 Å². The molecule has 0 saturated heterocycles. The third-order valence-corrected chi connectivity index (χ3v) is 5.56. The second kappa shape index (κ2) is 6.54. The minimum Gasteiger partial charge on any atom is -0.375 e. The topological polar surface area (TPSA) is 113 Å². The van der Waals surface area contributed by atoms with Crippen LogP contribution < -0.4 is 10.0 Å². The Balaban J connectivity index is 1.86. The molecule has 1 heterocycles. The van der Waals surface area contributed by atoms with Gasteiger partial charge in [0, 0.05) is 22.5 Å². The zero-order valence-corrected chi connectivity index (χ0v) is 14.8. The van der Waals surface area contributed by atoms with Gasteiger partial charge >= 0.3 is 0 Å². The van der Waals surface area contributed by atoms with Crippen molar-refractivity contribution in [1.29, 1.82) is 0 Å². The highest BCUT2D eigenvalue weighted by Gasteiger charge is 2.46. The standard InChI is InChI=1S/C18H18N2O5S/c1-2-26(24,25)20-13-7-5-6-12(10-13)16(21)11-18(23)14-8-3-4-9-15(14)19-17(18)22/h3-10,20,23H,2,11H2,1H3,(H,19,22)/t18-/m1/s1. The van der Waals surface area contributed by atoms with Gasteiger partial charge in [-0.25, -0.2) is 8.42 Å². The van der Waals surface area contributed by atoms with E-state index in [0.29, 0.717) is 11.3 Å². The zero-order valence-electron chi connectivity index (χ0n) is 14.0. The number of Topliss-reactive ketones (excluding diaryl/α,β-unsaturated/α-hetero) is 1. The average Bonchev–Trinajstić information content (AvgIpc) is 2.86. The number of amides is 1. The van der Waals surface area contributed by atoms with Crippen LogP contribution in [0.3, 0.4) is 0 Å². The first kappa shape index (κ1) is 18.1. The summed E-state index contributed by atoms with van der Waals surface area (Å²) < 4.78 is 25.7. The Morgan fingerprint density at radius 2 is 1.92 bits per heavy atom. The molecule has 0 aliphatic carbocycles. The predicted molar refractivity (Wildman–Crippen MR) is 97.4 cm³/mol. The van der Waals surface area contributed by atoms with Gasteiger partial charge in [-0.1, -0.05) is 30.3 Å². The summed E-state index contributed by atoms with van der Waals surface area (Å²) in [5, 5.41) is 13.4. The molecule has 0 fully saturated rings. The number of fused-ring (bicyclic) bond motifs is 1. The summed E-state index contributed by atoms with van der Waals surface area (Å²) in [4.78, 5) is 24.8. The number of para-hydroxylation sites is 1. The van der Waals surface area contributed by atoms with E-state index in [-0.39, 0.29) is 17.0 Å². The van der Waals surface area contributed by atoms with Crippen LogP contribution >= 0.6 is 0 Å². The Morgan fingerprint density at radius 3 is 2.65 bits per heavy atom. The number of hydrogen-bond acceptors (Lipinski definition) is 5. The quantitative estimate of drug-likeness (QED) is 0.668. The number of hydrogen-bond donors (Lipinski definition) is 3. The molecule has 26 heavy (non-hydrogen) atoms. The Kier molecular flexibility index (Phi) is 4.55. The molecule has 8 heteroatoms. The lowest BCUT2D eigenvalue weighted by Crippen LogP contribution is -2.36. The average molecular weight is 374 g/mol. The number of carbonyl (C=O) groups excluding carboxylic acids is 2. The number of benzene rings is 2. The molecule has 136 valence electrons. The zero-order chi connectivity index (χ0) is 18.9. The molecule has 0 bridgehead atoms. The molecule has 3 N–H and O–H groups in total. The van der Waals surface area contributed by atoms with Gasteiger partial charge < -0.3 is 10.4 Å². The third kappa shape index (κ3) is 3.33. The second-order valence-electron chi connectivity index (χ2n) is 6.05. The van der Waals surface area contributed by atoms with Gasteiger partial charge in [0.25, 0.3) is 5.91 Å². The fourth-order valence-corrected chi connectivity index (χ4v) is 3.45. The summed E-state index contributed by atoms with van der Waals surface area (Å²) in [6.07, 6.45) is -0.445. The summed E-state index contributed by atoms with van der Waals surface area (Å²) in [7, 11) is -3.47. The fraction of sp³-hybridized carbons (Fsp3) is 0.222. The molecule has 2 aromatic carbocycles. The van der Waals surface area contributed by atoms with Crippen molar-refractivity contribution < 1.29 is 23.1 Å². The molecule has 0 saturated carbocycles. The van der Waals surface area contributed by atoms with Gasteiger partial charge in [0.2, 0.25) is 10.0 Å². The van der Waals surface area contributed by atoms with Crippen molar-refractivity contribution in [1.82, 2.24) is 0 Å². The number of carbonyl (C=O) groups is 2. The molecule has 0 unspecified atom stereocenters. The maximum Gasteiger partial charge on any atom is 0.261 e. The first-order valence-corrected chi connectivity index (χ1v) is 9.67. The molecule has 2 aromatic rings. The summed E-state index contributed by atoms with van der Waals surface area (Å²) in [6, 6.07) is 12.6. The highest BCUT2D eigenvalue weighted by atomic mass is 32.2. The first-order valence-electron chi connectivity index (χ1n) is 8.02. The number of nitrogens with one attached hydrogen (secondary N) is 2. The van der Waals surface area contributed by atoms with Crippen molar-refractivity contribution in [3.8, 4) is 0 Å². The SMILES string of the molecule is CCS(=O)(=O)Nc1cccc(C(=O)C[C@]2(O)C(=O)Nc3ccccc32)c1. The molecule has 0 radical (unpaired) electrons. The number of ketones is 1. The van der Waals surface area contributed by atoms with Gasteiger partial charge in [-0.3, -0.25) is 14.3 Å². The Morgan fingerprint density at radius 1 is 1.19 bits per heavy atom. The molecule has 1 aliphatic rings. The second-order valence-corrected chi connectivity index (χ2v) is 8.06. The molecule has 1 aliphatic heterocycles. The lowest BCUT2D eigenvalue weighted by atomic mass is 9.88. The lowest BCUT2D eigenvalue weighted by Gasteiger charge is -2.20. The van der Waals surface area contributed by atoms with Crippen molar-refractivity contribution in [3.63, 3.8) is 0 Å². The molecule has 3 rings (SSSR count). The van der Waals surface area contributed by atoms with Crippen LogP contribution in [0, 0.1) is 0 Å². The molecular weight excluding hydrogens is 356 g/mol. The van der Waals surface area contributed by atoms with Crippen LogP contribution in [0.15, 0.2) is 48.5 Å². The number of sulfonamides is 1. The molecule has 1 atom stereocenters. The highest BCUT2D eigenvalue weighted by molar-refractivity contribution is 7.92. The molecule has 7 nitrogen and oxygen atoms in total. The van der Waals surface area contributed by atoms with Gasteiger partial charge in [-0.2, -0.15) is 0 Å². The van der Waals surface area contributed by atoms with Gasteiger partial charge in [0.05, 0.1) is 12.2 Å². The number of aliphatic hydroxyl groups is 1. The van der Waals surface area contributed by atoms with E-state index in [2.05, 4.69) is 10.0 Å². The Labute approximate surface area is 151 Å². The van der Waals surface area contributed by atoms with Crippen LogP contribution in [0.5, 0.6) is 0 Å². The summed E-state index contributed by atoms with van der Waals surface area (Å²) in [5.41, 5.74) is -0.682. The van der Waals surface area contributed by atoms with Gasteiger partial charge in [-0.05, 0) is 25.1 Å². The molecule has 1 amide bonds. The van der Waals surface area contributed by atoms with Gasteiger partial charge in [0.1, 0.15) is 0 Å². The summed E-state index contributed by atoms with van der Waals surface area (Å²) >= 11 is 0.